The van der Waals surface area contributed by atoms with Crippen molar-refractivity contribution in [2.24, 2.45) is 4.99 Å². The van der Waals surface area contributed by atoms with Crippen molar-refractivity contribution in [1.82, 2.24) is 30.8 Å². The molecule has 150 valence electrons. The summed E-state index contributed by atoms with van der Waals surface area (Å²) in [4.78, 5) is 14.4. The van der Waals surface area contributed by atoms with Crippen LogP contribution in [0.2, 0.25) is 0 Å². The Hall–Kier alpha value is -2.21. The summed E-state index contributed by atoms with van der Waals surface area (Å²) in [5.41, 5.74) is 0.927. The minimum absolute atomic E-state index is 0. The number of nitrogens with one attached hydrogen (secondary N) is 3. The second-order valence-electron chi connectivity index (χ2n) is 5.69. The molecule has 0 spiro atoms. The van der Waals surface area contributed by atoms with E-state index in [4.69, 9.17) is 4.74 Å². The van der Waals surface area contributed by atoms with Crippen molar-refractivity contribution >= 4 is 41.3 Å². The number of nitrogens with zero attached hydrogens (tertiary/aromatic N) is 4. The van der Waals surface area contributed by atoms with Crippen LogP contribution in [0.5, 0.6) is 5.75 Å². The van der Waals surface area contributed by atoms with Crippen LogP contribution < -0.4 is 15.4 Å². The zero-order valence-corrected chi connectivity index (χ0v) is 19.2. The lowest BCUT2D eigenvalue weighted by Crippen LogP contribution is -2.36. The predicted octanol–water partition coefficient (Wildman–Crippen LogP) is 2.98. The average molecular weight is 513 g/mol. The normalized spacial score (nSPS) is 11.0. The zero-order chi connectivity index (χ0) is 19.1. The third-order valence-electron chi connectivity index (χ3n) is 3.88. The number of hydrogen-bond acceptors (Lipinski definition) is 6. The Bertz CT molecular complexity index is 891. The molecule has 10 heteroatoms. The van der Waals surface area contributed by atoms with Crippen LogP contribution in [-0.2, 0) is 19.5 Å². The molecule has 0 bridgehead atoms. The topological polar surface area (TPSA) is 100 Å². The van der Waals surface area contributed by atoms with E-state index in [9.17, 15) is 0 Å². The maximum atomic E-state index is 5.17. The summed E-state index contributed by atoms with van der Waals surface area (Å²) in [5.74, 6) is 2.86. The first-order chi connectivity index (χ1) is 13.2. The van der Waals surface area contributed by atoms with Gasteiger partial charge >= 0.3 is 0 Å². The molecule has 1 aromatic carbocycles. The highest BCUT2D eigenvalue weighted by molar-refractivity contribution is 14.0. The van der Waals surface area contributed by atoms with E-state index in [0.717, 1.165) is 28.6 Å². The molecule has 0 aliphatic carbocycles. The first-order valence-electron chi connectivity index (χ1n) is 8.65. The Kier molecular flexibility index (Phi) is 8.64. The Morgan fingerprint density at radius 3 is 2.61 bits per heavy atom. The van der Waals surface area contributed by atoms with Crippen LogP contribution in [0.3, 0.4) is 0 Å². The van der Waals surface area contributed by atoms with Crippen molar-refractivity contribution in [3.8, 4) is 17.1 Å². The van der Waals surface area contributed by atoms with Gasteiger partial charge in [0.25, 0.3) is 0 Å². The first-order valence-corrected chi connectivity index (χ1v) is 9.47. The second kappa shape index (κ2) is 11.0. The number of thiazole rings is 1. The molecule has 3 aromatic rings. The highest BCUT2D eigenvalue weighted by atomic mass is 127. The summed E-state index contributed by atoms with van der Waals surface area (Å²) < 4.78 is 5.17. The van der Waals surface area contributed by atoms with Crippen LogP contribution in [0, 0.1) is 0 Å². The van der Waals surface area contributed by atoms with Crippen LogP contribution in [-0.4, -0.2) is 40.3 Å². The average Bonchev–Trinajstić information content (AvgIpc) is 3.37. The van der Waals surface area contributed by atoms with Crippen LogP contribution in [0.4, 0.5) is 0 Å². The van der Waals surface area contributed by atoms with Gasteiger partial charge in [-0.25, -0.2) is 9.97 Å². The van der Waals surface area contributed by atoms with Gasteiger partial charge in [-0.15, -0.1) is 35.3 Å². The van der Waals surface area contributed by atoms with Crippen molar-refractivity contribution in [3.63, 3.8) is 0 Å². The van der Waals surface area contributed by atoms with E-state index in [-0.39, 0.29) is 24.0 Å². The van der Waals surface area contributed by atoms with Gasteiger partial charge in [0.05, 0.1) is 20.2 Å². The number of hydrogen-bond donors (Lipinski definition) is 3. The van der Waals surface area contributed by atoms with Gasteiger partial charge in [0.2, 0.25) is 0 Å². The molecule has 0 saturated carbocycles. The van der Waals surface area contributed by atoms with Gasteiger partial charge in [-0.2, -0.15) is 5.10 Å². The highest BCUT2D eigenvalue weighted by Gasteiger charge is 2.08. The van der Waals surface area contributed by atoms with E-state index in [1.165, 1.54) is 4.88 Å². The lowest BCUT2D eigenvalue weighted by Gasteiger charge is -2.09. The summed E-state index contributed by atoms with van der Waals surface area (Å²) in [6.45, 7) is 3.25. The number of ether oxygens (including phenoxy) is 1. The van der Waals surface area contributed by atoms with Crippen LogP contribution in [0.1, 0.15) is 22.6 Å². The molecule has 0 unspecified atom stereocenters. The van der Waals surface area contributed by atoms with Gasteiger partial charge in [-0.05, 0) is 30.7 Å². The van der Waals surface area contributed by atoms with E-state index >= 15 is 0 Å². The number of halogens is 1. The monoisotopic (exact) mass is 513 g/mol. The number of rotatable bonds is 7. The summed E-state index contributed by atoms with van der Waals surface area (Å²) in [6.07, 6.45) is 2.93. The van der Waals surface area contributed by atoms with Crippen molar-refractivity contribution in [2.45, 2.75) is 26.4 Å². The Labute approximate surface area is 185 Å². The lowest BCUT2D eigenvalue weighted by molar-refractivity contribution is 0.415. The number of aromatic nitrogens is 4. The highest BCUT2D eigenvalue weighted by Crippen LogP contribution is 2.18. The fraction of sp³-hybridized carbons (Fsp3) is 0.333. The molecule has 2 heterocycles. The summed E-state index contributed by atoms with van der Waals surface area (Å²) in [6, 6.07) is 7.63. The molecule has 3 rings (SSSR count). The number of guanidine groups is 1. The van der Waals surface area contributed by atoms with Crippen LogP contribution in [0.15, 0.2) is 35.5 Å². The van der Waals surface area contributed by atoms with Crippen molar-refractivity contribution in [2.75, 3.05) is 14.2 Å². The van der Waals surface area contributed by atoms with Crippen molar-refractivity contribution in [3.05, 3.63) is 46.2 Å². The quantitative estimate of drug-likeness (QED) is 0.255. The number of aryl methyl sites for hydroxylation is 1. The molecule has 0 amide bonds. The number of methoxy groups -OCH3 is 1. The van der Waals surface area contributed by atoms with E-state index in [1.807, 2.05) is 30.5 Å². The standard InChI is InChI=1S/C18H23N7OS.HI/c1-4-14-9-20-16(27-14)11-22-18(19-2)21-10-15-23-17(25-24-15)12-5-7-13(26-3)8-6-12;/h5-9H,4,10-11H2,1-3H3,(H2,19,21,22)(H,23,24,25);1H. The van der Waals surface area contributed by atoms with Gasteiger partial charge in [-0.3, -0.25) is 10.1 Å². The molecule has 2 aromatic heterocycles. The smallest absolute Gasteiger partial charge is 0.191 e. The first kappa shape index (κ1) is 22.1. The fourth-order valence-corrected chi connectivity index (χ4v) is 3.19. The molecular formula is C18H24IN7OS. The molecule has 0 aliphatic heterocycles. The molecule has 3 N–H and O–H groups in total. The van der Waals surface area contributed by atoms with E-state index in [2.05, 4.69) is 42.7 Å². The molecule has 0 saturated heterocycles. The van der Waals surface area contributed by atoms with Crippen LogP contribution in [0.25, 0.3) is 11.4 Å². The van der Waals surface area contributed by atoms with Crippen LogP contribution >= 0.6 is 35.3 Å². The third kappa shape index (κ3) is 5.89. The molecule has 8 nitrogen and oxygen atoms in total. The van der Waals surface area contributed by atoms with Crippen molar-refractivity contribution in [1.29, 1.82) is 0 Å². The molecule has 28 heavy (non-hydrogen) atoms. The Morgan fingerprint density at radius 2 is 1.96 bits per heavy atom. The Morgan fingerprint density at radius 1 is 1.21 bits per heavy atom. The van der Waals surface area contributed by atoms with Crippen molar-refractivity contribution < 1.29 is 4.74 Å². The van der Waals surface area contributed by atoms with Gasteiger partial charge in [0.1, 0.15) is 16.6 Å². The number of H-pyrrole nitrogens is 1. The lowest BCUT2D eigenvalue weighted by atomic mass is 10.2. The van der Waals surface area contributed by atoms with Gasteiger partial charge in [-0.1, -0.05) is 6.92 Å². The van der Waals surface area contributed by atoms with Gasteiger partial charge in [0.15, 0.2) is 11.8 Å². The number of aliphatic imine (C=N–C) groups is 1. The van der Waals surface area contributed by atoms with E-state index in [1.54, 1.807) is 25.5 Å². The maximum Gasteiger partial charge on any atom is 0.191 e. The molecule has 0 fully saturated rings. The van der Waals surface area contributed by atoms with Gasteiger partial charge in [0, 0.05) is 23.7 Å². The zero-order valence-electron chi connectivity index (χ0n) is 16.0. The molecular weight excluding hydrogens is 489 g/mol. The second-order valence-corrected chi connectivity index (χ2v) is 6.89. The van der Waals surface area contributed by atoms with E-state index < -0.39 is 0 Å². The Balaban J connectivity index is 0.00000280. The maximum absolute atomic E-state index is 5.17. The van der Waals surface area contributed by atoms with E-state index in [0.29, 0.717) is 24.9 Å². The summed E-state index contributed by atoms with van der Waals surface area (Å²) in [7, 11) is 3.38. The third-order valence-corrected chi connectivity index (χ3v) is 5.03. The SMILES string of the molecule is CCc1cnc(CNC(=NC)NCc2nc(-c3ccc(OC)cc3)n[nH]2)s1.I. The van der Waals surface area contributed by atoms with Gasteiger partial charge < -0.3 is 15.4 Å². The number of aromatic amines is 1. The summed E-state index contributed by atoms with van der Waals surface area (Å²) >= 11 is 1.71. The fourth-order valence-electron chi connectivity index (χ4n) is 2.38. The molecule has 0 aliphatic rings. The summed E-state index contributed by atoms with van der Waals surface area (Å²) in [5, 5.41) is 14.7. The minimum atomic E-state index is 0. The molecule has 0 atom stereocenters. The number of benzene rings is 1. The largest absolute Gasteiger partial charge is 0.497 e. The minimum Gasteiger partial charge on any atom is -0.497 e. The predicted molar refractivity (Wildman–Crippen MR) is 122 cm³/mol. The molecule has 0 radical (unpaired) electrons.